The standard InChI is InChI=1S/2C9H10O2.CH4.H3N/c1-11-8(10)9-4-2-3-5(6(3)9)7(4)9;1-11-9(10)8-5-6-2-3-7(8)4-6;;/h3-7H,2H2,1H3;2-3,5-7H,4H2,1H3;1H4;1H3. The summed E-state index contributed by atoms with van der Waals surface area (Å²) in [4.78, 5) is 22.5. The number of fused-ring (bicyclic) bond motifs is 2. The fraction of sp³-hybridized carbons (Fsp3) is 0.684. The van der Waals surface area contributed by atoms with Gasteiger partial charge in [0.1, 0.15) is 0 Å². The first-order valence-corrected chi connectivity index (χ1v) is 8.21. The first kappa shape index (κ1) is 17.2. The second-order valence-corrected chi connectivity index (χ2v) is 7.56. The molecular weight excluding hydrogens is 306 g/mol. The Morgan fingerprint density at radius 1 is 1.12 bits per heavy atom. The Morgan fingerprint density at radius 2 is 1.88 bits per heavy atom. The number of esters is 2. The maximum Gasteiger partial charge on any atom is 0.334 e. The predicted octanol–water partition coefficient (Wildman–Crippen LogP) is 2.76. The topological polar surface area (TPSA) is 87.6 Å². The molecule has 0 saturated heterocycles. The Kier molecular flexibility index (Phi) is 3.72. The zero-order chi connectivity index (χ0) is 15.2. The molecule has 0 aromatic carbocycles. The van der Waals surface area contributed by atoms with Crippen LogP contribution in [0.3, 0.4) is 0 Å². The Bertz CT molecular complexity index is 633. The van der Waals surface area contributed by atoms with Crippen molar-refractivity contribution in [2.75, 3.05) is 14.2 Å². The van der Waals surface area contributed by atoms with Gasteiger partial charge in [0.2, 0.25) is 0 Å². The van der Waals surface area contributed by atoms with Crippen molar-refractivity contribution in [3.8, 4) is 0 Å². The van der Waals surface area contributed by atoms with Crippen molar-refractivity contribution >= 4 is 11.9 Å². The van der Waals surface area contributed by atoms with Crippen LogP contribution in [-0.4, -0.2) is 26.2 Å². The normalized spacial score (nSPS) is 47.6. The molecule has 0 heterocycles. The summed E-state index contributed by atoms with van der Waals surface area (Å²) in [5, 5.41) is 0. The average molecular weight is 333 g/mol. The molecule has 3 N–H and O–H groups in total. The van der Waals surface area contributed by atoms with E-state index in [0.29, 0.717) is 11.8 Å². The van der Waals surface area contributed by atoms with Crippen molar-refractivity contribution in [2.45, 2.75) is 20.3 Å². The Morgan fingerprint density at radius 3 is 2.25 bits per heavy atom. The lowest BCUT2D eigenvalue weighted by Crippen LogP contribution is -2.29. The van der Waals surface area contributed by atoms with Crippen LogP contribution in [0.1, 0.15) is 20.3 Å². The van der Waals surface area contributed by atoms with Crippen LogP contribution in [0, 0.1) is 46.8 Å². The van der Waals surface area contributed by atoms with Crippen molar-refractivity contribution < 1.29 is 19.1 Å². The highest BCUT2D eigenvalue weighted by molar-refractivity contribution is 5.90. The lowest BCUT2D eigenvalue weighted by atomic mass is 9.85. The van der Waals surface area contributed by atoms with Crippen LogP contribution < -0.4 is 6.15 Å². The van der Waals surface area contributed by atoms with E-state index in [4.69, 9.17) is 4.74 Å². The predicted molar refractivity (Wildman–Crippen MR) is 89.1 cm³/mol. The molecule has 0 radical (unpaired) electrons. The van der Waals surface area contributed by atoms with Gasteiger partial charge in [-0.15, -0.1) is 0 Å². The molecule has 0 spiro atoms. The van der Waals surface area contributed by atoms with Gasteiger partial charge in [-0.1, -0.05) is 25.7 Å². The lowest BCUT2D eigenvalue weighted by Gasteiger charge is -2.21. The van der Waals surface area contributed by atoms with Crippen molar-refractivity contribution in [1.29, 1.82) is 0 Å². The van der Waals surface area contributed by atoms with E-state index in [1.165, 1.54) is 20.6 Å². The summed E-state index contributed by atoms with van der Waals surface area (Å²) < 4.78 is 9.50. The minimum Gasteiger partial charge on any atom is -0.469 e. The van der Waals surface area contributed by atoms with E-state index in [2.05, 4.69) is 16.9 Å². The number of hydrogen-bond acceptors (Lipinski definition) is 5. The van der Waals surface area contributed by atoms with E-state index in [-0.39, 0.29) is 30.9 Å². The van der Waals surface area contributed by atoms with Crippen molar-refractivity contribution in [3.05, 3.63) is 23.8 Å². The van der Waals surface area contributed by atoms with Crippen molar-refractivity contribution in [3.63, 3.8) is 0 Å². The molecule has 7 aliphatic carbocycles. The molecule has 5 heteroatoms. The molecule has 5 fully saturated rings. The first-order chi connectivity index (χ1) is 10.6. The summed E-state index contributed by atoms with van der Waals surface area (Å²) in [6, 6.07) is 0. The van der Waals surface area contributed by atoms with E-state index >= 15 is 0 Å². The molecule has 24 heavy (non-hydrogen) atoms. The molecule has 0 amide bonds. The maximum atomic E-state index is 11.4. The number of rotatable bonds is 2. The summed E-state index contributed by atoms with van der Waals surface area (Å²) in [5.74, 6) is 5.02. The van der Waals surface area contributed by atoms with Crippen LogP contribution >= 0.6 is 0 Å². The molecule has 7 aliphatic rings. The van der Waals surface area contributed by atoms with Crippen LogP contribution in [0.15, 0.2) is 23.8 Å². The molecule has 132 valence electrons. The Hall–Kier alpha value is -1.62. The third-order valence-corrected chi connectivity index (χ3v) is 7.08. The van der Waals surface area contributed by atoms with Gasteiger partial charge >= 0.3 is 11.9 Å². The Balaban J connectivity index is 0.000000130. The second kappa shape index (κ2) is 5.19. The minimum absolute atomic E-state index is 0. The number of methoxy groups -OCH3 is 2. The van der Waals surface area contributed by atoms with Gasteiger partial charge in [-0.05, 0) is 48.3 Å². The fourth-order valence-corrected chi connectivity index (χ4v) is 6.32. The largest absolute Gasteiger partial charge is 0.469 e. The third-order valence-electron chi connectivity index (χ3n) is 7.08. The number of allylic oxidation sites excluding steroid dienone is 3. The minimum atomic E-state index is -0.165. The number of hydrogen-bond donors (Lipinski definition) is 1. The average Bonchev–Trinajstić information content (AvgIpc) is 3.03. The van der Waals surface area contributed by atoms with E-state index in [1.807, 2.05) is 6.08 Å². The zero-order valence-electron chi connectivity index (χ0n) is 13.5. The molecule has 0 aromatic heterocycles. The van der Waals surface area contributed by atoms with Gasteiger partial charge in [0.15, 0.2) is 0 Å². The maximum absolute atomic E-state index is 11.4. The monoisotopic (exact) mass is 333 g/mol. The smallest absolute Gasteiger partial charge is 0.334 e. The highest BCUT2D eigenvalue weighted by Gasteiger charge is 2.99. The quantitative estimate of drug-likeness (QED) is 0.620. The van der Waals surface area contributed by atoms with Gasteiger partial charge in [0.25, 0.3) is 0 Å². The molecular formula is C19H27NO4. The zero-order valence-corrected chi connectivity index (χ0v) is 13.5. The highest BCUT2D eigenvalue weighted by atomic mass is 16.5. The molecule has 7 rings (SSSR count). The molecule has 4 bridgehead atoms. The van der Waals surface area contributed by atoms with Gasteiger partial charge < -0.3 is 15.6 Å². The van der Waals surface area contributed by atoms with Crippen LogP contribution in [0.5, 0.6) is 0 Å². The molecule has 8 unspecified atom stereocenters. The summed E-state index contributed by atoms with van der Waals surface area (Å²) in [7, 11) is 2.96. The van der Waals surface area contributed by atoms with Crippen LogP contribution in [0.2, 0.25) is 0 Å². The van der Waals surface area contributed by atoms with Crippen molar-refractivity contribution in [2.24, 2.45) is 46.8 Å². The van der Waals surface area contributed by atoms with Gasteiger partial charge in [-0.25, -0.2) is 4.79 Å². The molecule has 5 saturated carbocycles. The molecule has 0 aromatic rings. The SMILES string of the molecule is C.COC(=O)C12C3CC4C(C41)C32.COC(=O)C1=CC2C=CC1C2.N. The molecule has 0 aliphatic heterocycles. The third kappa shape index (κ3) is 1.69. The molecule has 5 nitrogen and oxygen atoms in total. The number of ether oxygens (including phenoxy) is 2. The van der Waals surface area contributed by atoms with Crippen LogP contribution in [0.25, 0.3) is 0 Å². The Labute approximate surface area is 143 Å². The number of carbonyl (C=O) groups excluding carboxylic acids is 2. The summed E-state index contributed by atoms with van der Waals surface area (Å²) in [5.41, 5.74) is 0.948. The van der Waals surface area contributed by atoms with Gasteiger partial charge in [-0.2, -0.15) is 0 Å². The van der Waals surface area contributed by atoms with E-state index in [1.54, 1.807) is 0 Å². The van der Waals surface area contributed by atoms with Gasteiger partial charge in [0, 0.05) is 11.5 Å². The highest BCUT2D eigenvalue weighted by Crippen LogP contribution is 2.98. The van der Waals surface area contributed by atoms with E-state index in [9.17, 15) is 9.59 Å². The lowest BCUT2D eigenvalue weighted by molar-refractivity contribution is -0.151. The van der Waals surface area contributed by atoms with E-state index in [0.717, 1.165) is 41.6 Å². The van der Waals surface area contributed by atoms with E-state index < -0.39 is 0 Å². The molecule has 8 atom stereocenters. The fourth-order valence-electron chi connectivity index (χ4n) is 6.32. The first-order valence-electron chi connectivity index (χ1n) is 8.21. The number of carbonyl (C=O) groups is 2. The van der Waals surface area contributed by atoms with Crippen molar-refractivity contribution in [1.82, 2.24) is 6.15 Å². The van der Waals surface area contributed by atoms with Gasteiger partial charge in [-0.3, -0.25) is 4.79 Å². The summed E-state index contributed by atoms with van der Waals surface area (Å²) in [6.07, 6.45) is 8.67. The van der Waals surface area contributed by atoms with Crippen LogP contribution in [0.4, 0.5) is 0 Å². The summed E-state index contributed by atoms with van der Waals surface area (Å²) in [6.45, 7) is 0. The van der Waals surface area contributed by atoms with Crippen LogP contribution in [-0.2, 0) is 19.1 Å². The second-order valence-electron chi connectivity index (χ2n) is 7.56. The van der Waals surface area contributed by atoms with Gasteiger partial charge in [0.05, 0.1) is 19.6 Å². The summed E-state index contributed by atoms with van der Waals surface area (Å²) >= 11 is 0.